The average Bonchev–Trinajstić information content (AvgIpc) is 3.17. The molecule has 0 bridgehead atoms. The van der Waals surface area contributed by atoms with E-state index in [1.807, 2.05) is 45.2 Å². The molecule has 2 rings (SSSR count). The minimum Gasteiger partial charge on any atom is -0.457 e. The first-order valence-corrected chi connectivity index (χ1v) is 13.0. The summed E-state index contributed by atoms with van der Waals surface area (Å²) in [6.45, 7) is 12.8. The molecule has 6 nitrogen and oxygen atoms in total. The molecule has 0 aromatic carbocycles. The summed E-state index contributed by atoms with van der Waals surface area (Å²) in [6, 6.07) is 0. The van der Waals surface area contributed by atoms with E-state index < -0.39 is 41.0 Å². The van der Waals surface area contributed by atoms with Gasteiger partial charge in [0.2, 0.25) is 0 Å². The number of cyclic esters (lactones) is 1. The lowest BCUT2D eigenvalue weighted by molar-refractivity contribution is -0.154. The van der Waals surface area contributed by atoms with Gasteiger partial charge in [-0.2, -0.15) is 0 Å². The molecular formula is C27H41NO5S. The Balaban J connectivity index is 2.31. The van der Waals surface area contributed by atoms with E-state index in [0.717, 1.165) is 35.5 Å². The highest BCUT2D eigenvalue weighted by atomic mass is 32.1. The number of allylic oxidation sites excluding steroid dienone is 1. The molecule has 0 fully saturated rings. The predicted molar refractivity (Wildman–Crippen MR) is 136 cm³/mol. The second-order valence-corrected chi connectivity index (χ2v) is 11.8. The first kappa shape index (κ1) is 28.4. The number of aliphatic hydroxyl groups excluding tert-OH is 2. The van der Waals surface area contributed by atoms with Gasteiger partial charge < -0.3 is 14.9 Å². The Labute approximate surface area is 208 Å². The summed E-state index contributed by atoms with van der Waals surface area (Å²) >= 11 is 1.56. The standard InChI is InChI=1S/C27H41NO5S/c1-17(14-20-16-34-19(3)28-20)21-12-10-8-9-11-13-26(4,5)24(31)18(2)25(32)27(6,7)22(29)15-23(30)33-21/h8,10,14,16,18,21-22,24,29,31H,9,11-13,15H2,1-7H3/b10-8-,17-14+/t18-,21+,22-,24-/m1/s1. The maximum absolute atomic E-state index is 13.3. The summed E-state index contributed by atoms with van der Waals surface area (Å²) in [5, 5.41) is 24.7. The number of ketones is 1. The molecule has 190 valence electrons. The zero-order valence-corrected chi connectivity index (χ0v) is 22.4. The van der Waals surface area contributed by atoms with E-state index in [4.69, 9.17) is 4.74 Å². The van der Waals surface area contributed by atoms with Crippen molar-refractivity contribution in [1.82, 2.24) is 4.98 Å². The van der Waals surface area contributed by atoms with Gasteiger partial charge in [-0.1, -0.05) is 46.8 Å². The van der Waals surface area contributed by atoms with Crippen molar-refractivity contribution in [3.63, 3.8) is 0 Å². The molecule has 2 N–H and O–H groups in total. The molecule has 0 saturated carbocycles. The fourth-order valence-electron chi connectivity index (χ4n) is 4.45. The van der Waals surface area contributed by atoms with Gasteiger partial charge in [-0.3, -0.25) is 9.59 Å². The van der Waals surface area contributed by atoms with Crippen LogP contribution in [0.4, 0.5) is 0 Å². The van der Waals surface area contributed by atoms with E-state index in [9.17, 15) is 19.8 Å². The number of aliphatic hydroxyl groups is 2. The molecule has 7 heteroatoms. The van der Waals surface area contributed by atoms with Gasteiger partial charge in [-0.25, -0.2) is 4.98 Å². The van der Waals surface area contributed by atoms with Crippen molar-refractivity contribution in [2.45, 2.75) is 98.9 Å². The van der Waals surface area contributed by atoms with Gasteiger partial charge in [0.15, 0.2) is 0 Å². The number of nitrogens with zero attached hydrogens (tertiary/aromatic N) is 1. The number of hydrogen-bond acceptors (Lipinski definition) is 7. The van der Waals surface area contributed by atoms with Crippen LogP contribution >= 0.6 is 11.3 Å². The van der Waals surface area contributed by atoms with Crippen LogP contribution in [0.1, 0.15) is 84.3 Å². The number of esters is 1. The van der Waals surface area contributed by atoms with E-state index in [1.165, 1.54) is 0 Å². The summed E-state index contributed by atoms with van der Waals surface area (Å²) in [5.74, 6) is -1.49. The third kappa shape index (κ3) is 7.33. The summed E-state index contributed by atoms with van der Waals surface area (Å²) in [5.41, 5.74) is 0.0409. The maximum atomic E-state index is 13.3. The molecule has 0 radical (unpaired) electrons. The van der Waals surface area contributed by atoms with E-state index in [1.54, 1.807) is 32.1 Å². The summed E-state index contributed by atoms with van der Waals surface area (Å²) in [6.07, 6.45) is 6.13. The second-order valence-electron chi connectivity index (χ2n) is 10.8. The second kappa shape index (κ2) is 11.7. The first-order valence-electron chi connectivity index (χ1n) is 12.1. The van der Waals surface area contributed by atoms with E-state index in [0.29, 0.717) is 6.42 Å². The van der Waals surface area contributed by atoms with Gasteiger partial charge in [0.25, 0.3) is 0 Å². The van der Waals surface area contributed by atoms with Crippen molar-refractivity contribution in [2.24, 2.45) is 16.7 Å². The molecule has 0 amide bonds. The zero-order chi connectivity index (χ0) is 25.7. The summed E-state index contributed by atoms with van der Waals surface area (Å²) < 4.78 is 5.77. The zero-order valence-electron chi connectivity index (χ0n) is 21.6. The number of hydrogen-bond donors (Lipinski definition) is 2. The van der Waals surface area contributed by atoms with Crippen LogP contribution in [0.5, 0.6) is 0 Å². The third-order valence-electron chi connectivity index (χ3n) is 7.02. The molecule has 1 aliphatic rings. The molecule has 34 heavy (non-hydrogen) atoms. The number of carbonyl (C=O) groups excluding carboxylic acids is 2. The molecular weight excluding hydrogens is 450 g/mol. The van der Waals surface area contributed by atoms with Gasteiger partial charge >= 0.3 is 5.97 Å². The van der Waals surface area contributed by atoms with Crippen molar-refractivity contribution in [3.8, 4) is 0 Å². The molecule has 2 heterocycles. The van der Waals surface area contributed by atoms with Gasteiger partial charge in [-0.15, -0.1) is 11.3 Å². The van der Waals surface area contributed by atoms with Crippen molar-refractivity contribution in [2.75, 3.05) is 0 Å². The summed E-state index contributed by atoms with van der Waals surface area (Å²) in [7, 11) is 0. The van der Waals surface area contributed by atoms with Gasteiger partial charge in [0.1, 0.15) is 11.9 Å². The lowest BCUT2D eigenvalue weighted by Gasteiger charge is -2.38. The van der Waals surface area contributed by atoms with Crippen molar-refractivity contribution >= 4 is 29.2 Å². The van der Waals surface area contributed by atoms with Crippen LogP contribution in [-0.4, -0.2) is 45.3 Å². The molecule has 0 aliphatic carbocycles. The minimum atomic E-state index is -1.22. The van der Waals surface area contributed by atoms with Gasteiger partial charge in [-0.05, 0) is 50.2 Å². The smallest absolute Gasteiger partial charge is 0.309 e. The van der Waals surface area contributed by atoms with Crippen molar-refractivity contribution in [3.05, 3.63) is 33.8 Å². The van der Waals surface area contributed by atoms with Crippen LogP contribution in [0.15, 0.2) is 23.1 Å². The fraction of sp³-hybridized carbons (Fsp3) is 0.667. The lowest BCUT2D eigenvalue weighted by Crippen LogP contribution is -2.47. The Bertz CT molecular complexity index is 914. The first-order chi connectivity index (χ1) is 15.8. The molecule has 1 aromatic rings. The quantitative estimate of drug-likeness (QED) is 0.432. The number of carbonyl (C=O) groups is 2. The van der Waals surface area contributed by atoms with E-state index in [2.05, 4.69) is 11.1 Å². The SMILES string of the molecule is C/C(=C\c1csc(C)n1)[C@@H]1C/C=C\CCCC(C)(C)[C@H](O)[C@@H](C)C(=O)C(C)(C)[C@H](O)CC(=O)O1. The molecule has 1 aromatic heterocycles. The Morgan fingerprint density at radius 3 is 2.50 bits per heavy atom. The normalized spacial score (nSPS) is 30.6. The maximum Gasteiger partial charge on any atom is 0.309 e. The molecule has 0 spiro atoms. The van der Waals surface area contributed by atoms with Crippen LogP contribution in [-0.2, 0) is 14.3 Å². The van der Waals surface area contributed by atoms with E-state index >= 15 is 0 Å². The van der Waals surface area contributed by atoms with Gasteiger partial charge in [0, 0.05) is 17.7 Å². The molecule has 0 unspecified atom stereocenters. The molecule has 0 saturated heterocycles. The lowest BCUT2D eigenvalue weighted by atomic mass is 9.69. The monoisotopic (exact) mass is 491 g/mol. The highest BCUT2D eigenvalue weighted by Crippen LogP contribution is 2.37. The summed E-state index contributed by atoms with van der Waals surface area (Å²) in [4.78, 5) is 30.5. The van der Waals surface area contributed by atoms with Crippen molar-refractivity contribution in [1.29, 1.82) is 0 Å². The number of thiazole rings is 1. The number of rotatable bonds is 2. The van der Waals surface area contributed by atoms with Gasteiger partial charge in [0.05, 0.1) is 34.7 Å². The predicted octanol–water partition coefficient (Wildman–Crippen LogP) is 5.27. The number of aryl methyl sites for hydroxylation is 1. The van der Waals surface area contributed by atoms with Crippen LogP contribution < -0.4 is 0 Å². The van der Waals surface area contributed by atoms with Crippen LogP contribution in [0.3, 0.4) is 0 Å². The average molecular weight is 492 g/mol. The Hall–Kier alpha value is -1.83. The van der Waals surface area contributed by atoms with Crippen molar-refractivity contribution < 1.29 is 24.5 Å². The minimum absolute atomic E-state index is 0.258. The number of ether oxygens (including phenoxy) is 1. The van der Waals surface area contributed by atoms with E-state index in [-0.39, 0.29) is 12.2 Å². The highest BCUT2D eigenvalue weighted by molar-refractivity contribution is 7.09. The Morgan fingerprint density at radius 1 is 1.21 bits per heavy atom. The Kier molecular flexibility index (Phi) is 9.80. The Morgan fingerprint density at radius 2 is 1.88 bits per heavy atom. The topological polar surface area (TPSA) is 96.7 Å². The molecule has 1 aliphatic heterocycles. The number of Topliss-reactive ketones (excluding diaryl/α,β-unsaturated/α-hetero) is 1. The number of aromatic nitrogens is 1. The fourth-order valence-corrected chi connectivity index (χ4v) is 5.02. The van der Waals surface area contributed by atoms with Crippen LogP contribution in [0, 0.1) is 23.7 Å². The molecule has 4 atom stereocenters. The highest BCUT2D eigenvalue weighted by Gasteiger charge is 2.44. The van der Waals surface area contributed by atoms with Crippen LogP contribution in [0.2, 0.25) is 0 Å². The van der Waals surface area contributed by atoms with Crippen LogP contribution in [0.25, 0.3) is 6.08 Å². The third-order valence-corrected chi connectivity index (χ3v) is 7.81. The largest absolute Gasteiger partial charge is 0.457 e.